The number of fused-ring (bicyclic) bond motifs is 1. The molecule has 174 valence electrons. The molecular weight excluding hydrogens is 426 g/mol. The van der Waals surface area contributed by atoms with Gasteiger partial charge in [0.1, 0.15) is 11.6 Å². The Morgan fingerprint density at radius 2 is 1.76 bits per heavy atom. The van der Waals surface area contributed by atoms with Crippen molar-refractivity contribution in [1.82, 2.24) is 15.1 Å². The molecule has 33 heavy (non-hydrogen) atoms. The second-order valence-corrected chi connectivity index (χ2v) is 9.56. The third-order valence-corrected chi connectivity index (χ3v) is 5.99. The number of carbonyl (C=O) groups is 5. The van der Waals surface area contributed by atoms with Gasteiger partial charge in [-0.3, -0.25) is 29.4 Å². The van der Waals surface area contributed by atoms with Crippen LogP contribution in [0.5, 0.6) is 0 Å². The Hall–Kier alpha value is -3.49. The van der Waals surface area contributed by atoms with Crippen LogP contribution < -0.4 is 5.32 Å². The largest absolute Gasteiger partial charge is 0.444 e. The maximum absolute atomic E-state index is 13.1. The number of hydrogen-bond acceptors (Lipinski definition) is 6. The molecule has 0 aromatic heterocycles. The van der Waals surface area contributed by atoms with Crippen molar-refractivity contribution < 1.29 is 28.7 Å². The van der Waals surface area contributed by atoms with Crippen LogP contribution in [0.3, 0.4) is 0 Å². The van der Waals surface area contributed by atoms with E-state index in [-0.39, 0.29) is 36.1 Å². The van der Waals surface area contributed by atoms with Crippen molar-refractivity contribution in [3.63, 3.8) is 0 Å². The van der Waals surface area contributed by atoms with Crippen LogP contribution >= 0.6 is 0 Å². The predicted molar refractivity (Wildman–Crippen MR) is 118 cm³/mol. The zero-order chi connectivity index (χ0) is 24.1. The summed E-state index contributed by atoms with van der Waals surface area (Å²) in [5.74, 6) is -2.11. The number of rotatable bonds is 2. The summed E-state index contributed by atoms with van der Waals surface area (Å²) in [6.07, 6.45) is 2.34. The van der Waals surface area contributed by atoms with E-state index < -0.39 is 35.3 Å². The Morgan fingerprint density at radius 3 is 2.39 bits per heavy atom. The molecule has 3 aliphatic heterocycles. The molecule has 3 aliphatic rings. The number of carbonyl (C=O) groups excluding carboxylic acids is 5. The average molecular weight is 453 g/mol. The first kappa shape index (κ1) is 22.7. The van der Waals surface area contributed by atoms with Gasteiger partial charge in [-0.05, 0) is 63.8 Å². The second-order valence-electron chi connectivity index (χ2n) is 9.56. The van der Waals surface area contributed by atoms with Gasteiger partial charge in [0.05, 0.1) is 17.2 Å². The molecule has 5 amide bonds. The third kappa shape index (κ3) is 4.27. The molecule has 1 saturated heterocycles. The molecule has 0 radical (unpaired) electrons. The zero-order valence-corrected chi connectivity index (χ0v) is 19.1. The first-order valence-electron chi connectivity index (χ1n) is 11.0. The highest BCUT2D eigenvalue weighted by molar-refractivity contribution is 6.23. The van der Waals surface area contributed by atoms with Crippen LogP contribution in [-0.2, 0) is 14.3 Å². The first-order chi connectivity index (χ1) is 15.5. The number of imide groups is 2. The highest BCUT2D eigenvalue weighted by atomic mass is 16.6. The Bertz CT molecular complexity index is 1100. The van der Waals surface area contributed by atoms with Gasteiger partial charge in [-0.15, -0.1) is 0 Å². The molecule has 9 nitrogen and oxygen atoms in total. The van der Waals surface area contributed by atoms with E-state index in [4.69, 9.17) is 4.74 Å². The monoisotopic (exact) mass is 453 g/mol. The quantitative estimate of drug-likeness (QED) is 0.689. The molecule has 2 atom stereocenters. The van der Waals surface area contributed by atoms with E-state index in [0.717, 1.165) is 16.0 Å². The summed E-state index contributed by atoms with van der Waals surface area (Å²) in [5.41, 5.74) is 1.65. The van der Waals surface area contributed by atoms with Gasteiger partial charge >= 0.3 is 6.09 Å². The molecule has 1 N–H and O–H groups in total. The number of amides is 5. The Balaban J connectivity index is 1.55. The SMILES string of the molecule is CC1C=C(c2ccc3c(c2)C(=O)N(C2CCC(=O)NC2=O)C3=O)CCN1C(=O)OC(C)(C)C. The minimum absolute atomic E-state index is 0.0774. The molecule has 9 heteroatoms. The molecule has 4 rings (SSSR count). The van der Waals surface area contributed by atoms with E-state index in [2.05, 4.69) is 5.32 Å². The summed E-state index contributed by atoms with van der Waals surface area (Å²) < 4.78 is 5.48. The van der Waals surface area contributed by atoms with Gasteiger partial charge in [-0.25, -0.2) is 4.79 Å². The molecule has 0 spiro atoms. The summed E-state index contributed by atoms with van der Waals surface area (Å²) in [5, 5.41) is 2.19. The Morgan fingerprint density at radius 1 is 1.06 bits per heavy atom. The highest BCUT2D eigenvalue weighted by Gasteiger charge is 2.44. The van der Waals surface area contributed by atoms with Crippen LogP contribution in [0.2, 0.25) is 0 Å². The van der Waals surface area contributed by atoms with Crippen LogP contribution in [-0.4, -0.2) is 63.8 Å². The lowest BCUT2D eigenvalue weighted by Crippen LogP contribution is -2.54. The lowest BCUT2D eigenvalue weighted by Gasteiger charge is -2.34. The fourth-order valence-corrected chi connectivity index (χ4v) is 4.40. The van der Waals surface area contributed by atoms with Crippen LogP contribution in [0, 0.1) is 0 Å². The topological polar surface area (TPSA) is 113 Å². The second kappa shape index (κ2) is 8.13. The van der Waals surface area contributed by atoms with Gasteiger partial charge in [0.15, 0.2) is 0 Å². The summed E-state index contributed by atoms with van der Waals surface area (Å²) in [4.78, 5) is 64.7. The normalized spacial score (nSPS) is 23.3. The van der Waals surface area contributed by atoms with Crippen molar-refractivity contribution in [2.45, 2.75) is 64.6 Å². The first-order valence-corrected chi connectivity index (χ1v) is 11.0. The molecule has 1 aromatic carbocycles. The minimum atomic E-state index is -0.991. The van der Waals surface area contributed by atoms with Gasteiger partial charge in [-0.1, -0.05) is 12.1 Å². The van der Waals surface area contributed by atoms with Crippen molar-refractivity contribution in [2.24, 2.45) is 0 Å². The van der Waals surface area contributed by atoms with Crippen LogP contribution in [0.1, 0.15) is 73.2 Å². The number of ether oxygens (including phenoxy) is 1. The van der Waals surface area contributed by atoms with Crippen LogP contribution in [0.4, 0.5) is 4.79 Å². The minimum Gasteiger partial charge on any atom is -0.444 e. The van der Waals surface area contributed by atoms with Crippen molar-refractivity contribution in [3.05, 3.63) is 41.0 Å². The molecule has 0 bridgehead atoms. The van der Waals surface area contributed by atoms with Crippen molar-refractivity contribution in [2.75, 3.05) is 6.54 Å². The number of nitrogens with zero attached hydrogens (tertiary/aromatic N) is 2. The van der Waals surface area contributed by atoms with E-state index in [1.807, 2.05) is 33.8 Å². The summed E-state index contributed by atoms with van der Waals surface area (Å²) in [6.45, 7) is 7.83. The van der Waals surface area contributed by atoms with E-state index >= 15 is 0 Å². The molecule has 0 aliphatic carbocycles. The molecular formula is C24H27N3O6. The van der Waals surface area contributed by atoms with E-state index in [1.54, 1.807) is 23.1 Å². The maximum atomic E-state index is 13.1. The number of piperidine rings is 1. The fraction of sp³-hybridized carbons (Fsp3) is 0.458. The van der Waals surface area contributed by atoms with Crippen molar-refractivity contribution >= 4 is 35.3 Å². The van der Waals surface area contributed by atoms with E-state index in [1.165, 1.54) is 0 Å². The Labute approximate surface area is 191 Å². The van der Waals surface area contributed by atoms with Crippen LogP contribution in [0.25, 0.3) is 5.57 Å². The van der Waals surface area contributed by atoms with Gasteiger partial charge in [0.2, 0.25) is 11.8 Å². The van der Waals surface area contributed by atoms with E-state index in [0.29, 0.717) is 13.0 Å². The third-order valence-electron chi connectivity index (χ3n) is 5.99. The predicted octanol–water partition coefficient (Wildman–Crippen LogP) is 2.50. The lowest BCUT2D eigenvalue weighted by molar-refractivity contribution is -0.136. The Kier molecular flexibility index (Phi) is 5.59. The van der Waals surface area contributed by atoms with Gasteiger partial charge in [0, 0.05) is 13.0 Å². The van der Waals surface area contributed by atoms with Gasteiger partial charge in [0.25, 0.3) is 11.8 Å². The van der Waals surface area contributed by atoms with Crippen molar-refractivity contribution in [1.29, 1.82) is 0 Å². The number of benzene rings is 1. The van der Waals surface area contributed by atoms with Crippen molar-refractivity contribution in [3.8, 4) is 0 Å². The molecule has 2 unspecified atom stereocenters. The summed E-state index contributed by atoms with van der Waals surface area (Å²) >= 11 is 0. The smallest absolute Gasteiger partial charge is 0.410 e. The molecule has 1 fully saturated rings. The highest BCUT2D eigenvalue weighted by Crippen LogP contribution is 2.32. The van der Waals surface area contributed by atoms with Gasteiger partial charge < -0.3 is 9.64 Å². The molecule has 3 heterocycles. The average Bonchev–Trinajstić information content (AvgIpc) is 2.97. The lowest BCUT2D eigenvalue weighted by atomic mass is 9.94. The standard InChI is InChI=1S/C24H27N3O6/c1-13-11-15(9-10-26(13)23(32)33-24(2,3)4)14-5-6-16-17(12-14)22(31)27(21(16)30)18-7-8-19(28)25-20(18)29/h5-6,11-13,18H,7-10H2,1-4H3,(H,25,28,29). The zero-order valence-electron chi connectivity index (χ0n) is 19.1. The van der Waals surface area contributed by atoms with Crippen LogP contribution in [0.15, 0.2) is 24.3 Å². The van der Waals surface area contributed by atoms with Gasteiger partial charge in [-0.2, -0.15) is 0 Å². The van der Waals surface area contributed by atoms with E-state index in [9.17, 15) is 24.0 Å². The summed E-state index contributed by atoms with van der Waals surface area (Å²) in [6, 6.07) is 3.86. The fourth-order valence-electron chi connectivity index (χ4n) is 4.40. The number of hydrogen-bond donors (Lipinski definition) is 1. The molecule has 1 aromatic rings. The summed E-state index contributed by atoms with van der Waals surface area (Å²) in [7, 11) is 0. The number of nitrogens with one attached hydrogen (secondary N) is 1. The molecule has 0 saturated carbocycles. The maximum Gasteiger partial charge on any atom is 0.410 e.